The van der Waals surface area contributed by atoms with Crippen LogP contribution in [0.25, 0.3) is 12.2 Å². The molecule has 0 unspecified atom stereocenters. The predicted molar refractivity (Wildman–Crippen MR) is 113 cm³/mol. The Balaban J connectivity index is 0.000000209. The van der Waals surface area contributed by atoms with Crippen LogP contribution in [-0.2, 0) is 6.42 Å². The molecule has 0 radical (unpaired) electrons. The van der Waals surface area contributed by atoms with Crippen LogP contribution in [0, 0.1) is 0 Å². The van der Waals surface area contributed by atoms with Crippen LogP contribution in [0.1, 0.15) is 16.7 Å². The second-order valence-corrected chi connectivity index (χ2v) is 5.66. The number of benzene rings is 3. The number of phenolic OH excluding ortho intramolecular Hbond substituents is 1. The standard InChI is InChI=1S/C16H14.C9H10O/c1-3-9-15(10-4-1)13-7-8-14-16-11-5-2-6-12-16;1-2-5-8-6-3-4-7-9(8)10/h1-14H;2-4,6-7,10H,1,5H2/b13-7+,14-8+;. The summed E-state index contributed by atoms with van der Waals surface area (Å²) in [4.78, 5) is 0. The summed E-state index contributed by atoms with van der Waals surface area (Å²) in [6.45, 7) is 3.59. The molecule has 0 aliphatic carbocycles. The average molecular weight is 340 g/mol. The first-order valence-corrected chi connectivity index (χ1v) is 8.62. The fourth-order valence-corrected chi connectivity index (χ4v) is 2.30. The molecule has 0 spiro atoms. The van der Waals surface area contributed by atoms with Gasteiger partial charge in [-0.15, -0.1) is 6.58 Å². The van der Waals surface area contributed by atoms with Crippen molar-refractivity contribution in [3.63, 3.8) is 0 Å². The third-order valence-electron chi connectivity index (χ3n) is 3.64. The van der Waals surface area contributed by atoms with Crippen LogP contribution < -0.4 is 0 Å². The van der Waals surface area contributed by atoms with Crippen LogP contribution in [0.2, 0.25) is 0 Å². The summed E-state index contributed by atoms with van der Waals surface area (Å²) in [7, 11) is 0. The number of rotatable bonds is 5. The molecule has 0 aromatic heterocycles. The number of aromatic hydroxyl groups is 1. The summed E-state index contributed by atoms with van der Waals surface area (Å²) in [5, 5.41) is 9.19. The summed E-state index contributed by atoms with van der Waals surface area (Å²) in [6.07, 6.45) is 10.8. The molecule has 0 saturated heterocycles. The summed E-state index contributed by atoms with van der Waals surface area (Å²) >= 11 is 0. The Morgan fingerprint density at radius 3 is 1.58 bits per heavy atom. The maximum atomic E-state index is 9.19. The lowest BCUT2D eigenvalue weighted by Gasteiger charge is -1.97. The Morgan fingerprint density at radius 1 is 0.654 bits per heavy atom. The Kier molecular flexibility index (Phi) is 8.24. The molecule has 1 heteroatoms. The lowest BCUT2D eigenvalue weighted by Crippen LogP contribution is -1.79. The first-order chi connectivity index (χ1) is 12.8. The van der Waals surface area contributed by atoms with Crippen molar-refractivity contribution in [1.82, 2.24) is 0 Å². The Labute approximate surface area is 156 Å². The molecular formula is C25H24O. The van der Waals surface area contributed by atoms with Gasteiger partial charge in [0.2, 0.25) is 0 Å². The van der Waals surface area contributed by atoms with Gasteiger partial charge in [0.1, 0.15) is 5.75 Å². The van der Waals surface area contributed by atoms with Gasteiger partial charge in [0.15, 0.2) is 0 Å². The smallest absolute Gasteiger partial charge is 0.119 e. The number of para-hydroxylation sites is 1. The molecule has 0 fully saturated rings. The molecule has 0 bridgehead atoms. The highest BCUT2D eigenvalue weighted by atomic mass is 16.3. The summed E-state index contributed by atoms with van der Waals surface area (Å²) < 4.78 is 0. The second kappa shape index (κ2) is 11.3. The van der Waals surface area contributed by atoms with Gasteiger partial charge in [-0.25, -0.2) is 0 Å². The van der Waals surface area contributed by atoms with E-state index >= 15 is 0 Å². The van der Waals surface area contributed by atoms with Crippen molar-refractivity contribution >= 4 is 12.2 Å². The Hall–Kier alpha value is -3.32. The average Bonchev–Trinajstić information content (AvgIpc) is 2.69. The van der Waals surface area contributed by atoms with Crippen molar-refractivity contribution in [3.05, 3.63) is 126 Å². The topological polar surface area (TPSA) is 20.2 Å². The fraction of sp³-hybridized carbons (Fsp3) is 0.0400. The van der Waals surface area contributed by atoms with Gasteiger partial charge < -0.3 is 5.11 Å². The van der Waals surface area contributed by atoms with E-state index in [-0.39, 0.29) is 0 Å². The van der Waals surface area contributed by atoms with Crippen LogP contribution in [-0.4, -0.2) is 5.11 Å². The third kappa shape index (κ3) is 7.06. The molecule has 0 heterocycles. The number of hydrogen-bond donors (Lipinski definition) is 1. The summed E-state index contributed by atoms with van der Waals surface area (Å²) in [6, 6.07) is 27.9. The van der Waals surface area contributed by atoms with Gasteiger partial charge in [-0.05, 0) is 29.2 Å². The molecule has 3 aromatic rings. The number of allylic oxidation sites excluding steroid dienone is 3. The maximum Gasteiger partial charge on any atom is 0.119 e. The first-order valence-electron chi connectivity index (χ1n) is 8.62. The van der Waals surface area contributed by atoms with Gasteiger partial charge in [0, 0.05) is 0 Å². The molecule has 0 saturated carbocycles. The summed E-state index contributed by atoms with van der Waals surface area (Å²) in [5.74, 6) is 0.349. The molecular weight excluding hydrogens is 316 g/mol. The van der Waals surface area contributed by atoms with Crippen molar-refractivity contribution < 1.29 is 5.11 Å². The minimum Gasteiger partial charge on any atom is -0.508 e. The van der Waals surface area contributed by atoms with E-state index < -0.39 is 0 Å². The largest absolute Gasteiger partial charge is 0.508 e. The number of phenols is 1. The van der Waals surface area contributed by atoms with Crippen molar-refractivity contribution in [1.29, 1.82) is 0 Å². The zero-order valence-electron chi connectivity index (χ0n) is 14.8. The molecule has 0 aliphatic rings. The van der Waals surface area contributed by atoms with Gasteiger partial charge in [0.05, 0.1) is 0 Å². The van der Waals surface area contributed by atoms with Gasteiger partial charge in [-0.1, -0.05) is 109 Å². The van der Waals surface area contributed by atoms with Gasteiger partial charge >= 0.3 is 0 Å². The zero-order chi connectivity index (χ0) is 18.5. The monoisotopic (exact) mass is 340 g/mol. The predicted octanol–water partition coefficient (Wildman–Crippen LogP) is 6.53. The fourth-order valence-electron chi connectivity index (χ4n) is 2.30. The molecule has 0 aliphatic heterocycles. The van der Waals surface area contributed by atoms with E-state index in [1.54, 1.807) is 12.1 Å². The van der Waals surface area contributed by atoms with E-state index in [0.29, 0.717) is 5.75 Å². The Morgan fingerprint density at radius 2 is 1.12 bits per heavy atom. The molecule has 3 rings (SSSR count). The van der Waals surface area contributed by atoms with E-state index in [0.717, 1.165) is 12.0 Å². The van der Waals surface area contributed by atoms with Crippen molar-refractivity contribution in [3.8, 4) is 5.75 Å². The van der Waals surface area contributed by atoms with E-state index in [1.165, 1.54) is 11.1 Å². The highest BCUT2D eigenvalue weighted by molar-refractivity contribution is 5.56. The van der Waals surface area contributed by atoms with Gasteiger partial charge in [-0.2, -0.15) is 0 Å². The molecule has 1 N–H and O–H groups in total. The molecule has 0 amide bonds. The molecule has 26 heavy (non-hydrogen) atoms. The molecule has 1 nitrogen and oxygen atoms in total. The minimum absolute atomic E-state index is 0.349. The van der Waals surface area contributed by atoms with Crippen LogP contribution in [0.3, 0.4) is 0 Å². The molecule has 130 valence electrons. The highest BCUT2D eigenvalue weighted by Gasteiger charge is 1.93. The van der Waals surface area contributed by atoms with Crippen molar-refractivity contribution in [2.75, 3.05) is 0 Å². The maximum absolute atomic E-state index is 9.19. The second-order valence-electron chi connectivity index (χ2n) is 5.66. The van der Waals surface area contributed by atoms with Crippen LogP contribution in [0.5, 0.6) is 5.75 Å². The zero-order valence-corrected chi connectivity index (χ0v) is 14.8. The first kappa shape index (κ1) is 19.0. The summed E-state index contributed by atoms with van der Waals surface area (Å²) in [5.41, 5.74) is 3.37. The normalized spacial score (nSPS) is 10.5. The van der Waals surface area contributed by atoms with Crippen LogP contribution >= 0.6 is 0 Å². The van der Waals surface area contributed by atoms with Crippen molar-refractivity contribution in [2.24, 2.45) is 0 Å². The lowest BCUT2D eigenvalue weighted by molar-refractivity contribution is 0.470. The highest BCUT2D eigenvalue weighted by Crippen LogP contribution is 2.15. The number of hydrogen-bond acceptors (Lipinski definition) is 1. The van der Waals surface area contributed by atoms with Crippen LogP contribution in [0.4, 0.5) is 0 Å². The quantitative estimate of drug-likeness (QED) is 0.413. The van der Waals surface area contributed by atoms with Crippen molar-refractivity contribution in [2.45, 2.75) is 6.42 Å². The van der Waals surface area contributed by atoms with Crippen LogP contribution in [0.15, 0.2) is 110 Å². The van der Waals surface area contributed by atoms with E-state index in [9.17, 15) is 5.11 Å². The third-order valence-corrected chi connectivity index (χ3v) is 3.64. The lowest BCUT2D eigenvalue weighted by atomic mass is 10.1. The minimum atomic E-state index is 0.349. The van der Waals surface area contributed by atoms with E-state index in [2.05, 4.69) is 55.1 Å². The van der Waals surface area contributed by atoms with E-state index in [1.807, 2.05) is 54.6 Å². The Bertz CT molecular complexity index is 783. The SMILES string of the molecule is C(/C=C/c1ccccc1)=C\c1ccccc1.C=CCc1ccccc1O. The van der Waals surface area contributed by atoms with Gasteiger partial charge in [-0.3, -0.25) is 0 Å². The van der Waals surface area contributed by atoms with E-state index in [4.69, 9.17) is 0 Å². The van der Waals surface area contributed by atoms with Gasteiger partial charge in [0.25, 0.3) is 0 Å². The molecule has 0 atom stereocenters. The molecule has 3 aromatic carbocycles.